The Hall–Kier alpha value is -1.91. The summed E-state index contributed by atoms with van der Waals surface area (Å²) in [5.74, 6) is 2.29. The lowest BCUT2D eigenvalue weighted by molar-refractivity contribution is 0.219. The second kappa shape index (κ2) is 9.07. The minimum atomic E-state index is -0.0291. The Labute approximate surface area is 121 Å². The van der Waals surface area contributed by atoms with Crippen LogP contribution in [-0.4, -0.2) is 38.8 Å². The van der Waals surface area contributed by atoms with Gasteiger partial charge in [0.15, 0.2) is 17.5 Å². The summed E-state index contributed by atoms with van der Waals surface area (Å²) in [6.07, 6.45) is -0.0291. The molecule has 1 aromatic carbocycles. The lowest BCUT2D eigenvalue weighted by Gasteiger charge is -2.16. The molecule has 112 valence electrons. The Morgan fingerprint density at radius 2 is 1.75 bits per heavy atom. The maximum absolute atomic E-state index is 5.86. The van der Waals surface area contributed by atoms with Crippen LogP contribution < -0.4 is 20.1 Å². The van der Waals surface area contributed by atoms with E-state index in [2.05, 4.69) is 15.6 Å². The van der Waals surface area contributed by atoms with Gasteiger partial charge in [0.05, 0.1) is 13.7 Å². The van der Waals surface area contributed by atoms with Gasteiger partial charge in [-0.2, -0.15) is 0 Å². The average molecular weight is 279 g/mol. The van der Waals surface area contributed by atoms with Crippen LogP contribution in [0.4, 0.5) is 0 Å². The molecule has 0 aromatic heterocycles. The fourth-order valence-electron chi connectivity index (χ4n) is 1.70. The third-order valence-corrected chi connectivity index (χ3v) is 2.59. The fourth-order valence-corrected chi connectivity index (χ4v) is 1.70. The Morgan fingerprint density at radius 1 is 1.15 bits per heavy atom. The second-order valence-electron chi connectivity index (χ2n) is 4.33. The normalized spacial score (nSPS) is 11.4. The van der Waals surface area contributed by atoms with E-state index in [1.807, 2.05) is 45.0 Å². The number of hydrogen-bond acceptors (Lipinski definition) is 3. The number of rotatable bonds is 7. The highest BCUT2D eigenvalue weighted by molar-refractivity contribution is 5.79. The smallest absolute Gasteiger partial charge is 0.191 e. The third-order valence-electron chi connectivity index (χ3n) is 2.59. The molecule has 0 saturated heterocycles. The van der Waals surface area contributed by atoms with Crippen molar-refractivity contribution in [2.75, 3.05) is 26.7 Å². The highest BCUT2D eigenvalue weighted by Gasteiger charge is 2.08. The first-order chi connectivity index (χ1) is 9.71. The highest BCUT2D eigenvalue weighted by Crippen LogP contribution is 2.26. The van der Waals surface area contributed by atoms with E-state index in [9.17, 15) is 0 Å². The van der Waals surface area contributed by atoms with Gasteiger partial charge >= 0.3 is 0 Å². The molecule has 1 rings (SSSR count). The summed E-state index contributed by atoms with van der Waals surface area (Å²) in [6, 6.07) is 7.63. The highest BCUT2D eigenvalue weighted by atomic mass is 16.5. The van der Waals surface area contributed by atoms with Gasteiger partial charge < -0.3 is 20.1 Å². The molecule has 0 saturated carbocycles. The maximum atomic E-state index is 5.86. The van der Waals surface area contributed by atoms with Crippen molar-refractivity contribution < 1.29 is 9.47 Å². The first kappa shape index (κ1) is 16.1. The van der Waals surface area contributed by atoms with Crippen LogP contribution in [0.1, 0.15) is 20.8 Å². The van der Waals surface area contributed by atoms with E-state index in [1.54, 1.807) is 7.11 Å². The molecule has 0 radical (unpaired) electrons. The van der Waals surface area contributed by atoms with Crippen molar-refractivity contribution in [3.8, 4) is 11.5 Å². The van der Waals surface area contributed by atoms with Crippen LogP contribution in [0.2, 0.25) is 0 Å². The number of methoxy groups -OCH3 is 1. The summed E-state index contributed by atoms with van der Waals surface area (Å²) in [7, 11) is 1.64. The third kappa shape index (κ3) is 5.38. The van der Waals surface area contributed by atoms with Gasteiger partial charge in [0.2, 0.25) is 0 Å². The lowest BCUT2D eigenvalue weighted by atomic mass is 10.3. The molecule has 0 aliphatic heterocycles. The standard InChI is InChI=1S/C15H25N3O2/c1-5-16-15(17-6-2)18-11-12(3)20-14-10-8-7-9-13(14)19-4/h7-10,12H,5-6,11H2,1-4H3,(H2,16,17,18). The molecule has 5 heteroatoms. The monoisotopic (exact) mass is 279 g/mol. The number of para-hydroxylation sites is 2. The first-order valence-corrected chi connectivity index (χ1v) is 7.03. The number of benzene rings is 1. The minimum Gasteiger partial charge on any atom is -0.493 e. The maximum Gasteiger partial charge on any atom is 0.191 e. The van der Waals surface area contributed by atoms with Crippen molar-refractivity contribution in [2.45, 2.75) is 26.9 Å². The van der Waals surface area contributed by atoms with Crippen LogP contribution in [0, 0.1) is 0 Å². The molecule has 1 unspecified atom stereocenters. The molecule has 0 bridgehead atoms. The van der Waals surface area contributed by atoms with Gasteiger partial charge in [0.25, 0.3) is 0 Å². The summed E-state index contributed by atoms with van der Waals surface area (Å²) >= 11 is 0. The molecule has 0 fully saturated rings. The van der Waals surface area contributed by atoms with Crippen LogP contribution in [0.15, 0.2) is 29.3 Å². The Kier molecular flexibility index (Phi) is 7.32. The van der Waals surface area contributed by atoms with Crippen LogP contribution in [-0.2, 0) is 0 Å². The van der Waals surface area contributed by atoms with Crippen molar-refractivity contribution in [1.82, 2.24) is 10.6 Å². The molecule has 0 heterocycles. The minimum absolute atomic E-state index is 0.0291. The van der Waals surface area contributed by atoms with Crippen molar-refractivity contribution >= 4 is 5.96 Å². The topological polar surface area (TPSA) is 54.9 Å². The number of nitrogens with zero attached hydrogens (tertiary/aromatic N) is 1. The molecular weight excluding hydrogens is 254 g/mol. The summed E-state index contributed by atoms with van der Waals surface area (Å²) in [4.78, 5) is 4.48. The van der Waals surface area contributed by atoms with Gasteiger partial charge in [0.1, 0.15) is 6.10 Å². The van der Waals surface area contributed by atoms with Crippen LogP contribution in [0.5, 0.6) is 11.5 Å². The number of hydrogen-bond donors (Lipinski definition) is 2. The molecular formula is C15H25N3O2. The Balaban J connectivity index is 2.57. The molecule has 5 nitrogen and oxygen atoms in total. The largest absolute Gasteiger partial charge is 0.493 e. The van der Waals surface area contributed by atoms with Crippen LogP contribution in [0.3, 0.4) is 0 Å². The Morgan fingerprint density at radius 3 is 2.30 bits per heavy atom. The Bertz CT molecular complexity index is 413. The SMILES string of the molecule is CCNC(=NCC(C)Oc1ccccc1OC)NCC. The number of nitrogens with one attached hydrogen (secondary N) is 2. The average Bonchev–Trinajstić information content (AvgIpc) is 2.46. The number of aliphatic imine (C=N–C) groups is 1. The van der Waals surface area contributed by atoms with Crippen molar-refractivity contribution in [1.29, 1.82) is 0 Å². The molecule has 2 N–H and O–H groups in total. The van der Waals surface area contributed by atoms with Gasteiger partial charge in [-0.05, 0) is 32.9 Å². The predicted octanol–water partition coefficient (Wildman–Crippen LogP) is 2.04. The number of guanidine groups is 1. The molecule has 0 aliphatic carbocycles. The van der Waals surface area contributed by atoms with E-state index in [1.165, 1.54) is 0 Å². The van der Waals surface area contributed by atoms with Crippen molar-refractivity contribution in [3.63, 3.8) is 0 Å². The van der Waals surface area contributed by atoms with E-state index >= 15 is 0 Å². The van der Waals surface area contributed by atoms with Gasteiger partial charge in [0, 0.05) is 13.1 Å². The first-order valence-electron chi connectivity index (χ1n) is 7.03. The van der Waals surface area contributed by atoms with Crippen molar-refractivity contribution in [2.24, 2.45) is 4.99 Å². The van der Waals surface area contributed by atoms with Crippen molar-refractivity contribution in [3.05, 3.63) is 24.3 Å². The summed E-state index contributed by atoms with van der Waals surface area (Å²) in [6.45, 7) is 8.34. The van der Waals surface area contributed by atoms with E-state index in [4.69, 9.17) is 9.47 Å². The predicted molar refractivity (Wildman–Crippen MR) is 82.7 cm³/mol. The summed E-state index contributed by atoms with van der Waals surface area (Å²) in [5, 5.41) is 6.37. The van der Waals surface area contributed by atoms with E-state index in [-0.39, 0.29) is 6.10 Å². The lowest BCUT2D eigenvalue weighted by Crippen LogP contribution is -2.37. The zero-order chi connectivity index (χ0) is 14.8. The zero-order valence-electron chi connectivity index (χ0n) is 12.8. The van der Waals surface area contributed by atoms with Gasteiger partial charge in [-0.15, -0.1) is 0 Å². The van der Waals surface area contributed by atoms with E-state index in [0.717, 1.165) is 30.5 Å². The van der Waals surface area contributed by atoms with Gasteiger partial charge in [-0.3, -0.25) is 0 Å². The van der Waals surface area contributed by atoms with E-state index < -0.39 is 0 Å². The van der Waals surface area contributed by atoms with Crippen LogP contribution in [0.25, 0.3) is 0 Å². The molecule has 0 aliphatic rings. The molecule has 0 amide bonds. The fraction of sp³-hybridized carbons (Fsp3) is 0.533. The summed E-state index contributed by atoms with van der Waals surface area (Å²) in [5.41, 5.74) is 0. The molecule has 0 spiro atoms. The molecule has 1 aromatic rings. The van der Waals surface area contributed by atoms with Crippen LogP contribution >= 0.6 is 0 Å². The second-order valence-corrected chi connectivity index (χ2v) is 4.33. The van der Waals surface area contributed by atoms with Gasteiger partial charge in [-0.1, -0.05) is 12.1 Å². The van der Waals surface area contributed by atoms with Gasteiger partial charge in [-0.25, -0.2) is 4.99 Å². The number of ether oxygens (including phenoxy) is 2. The van der Waals surface area contributed by atoms with E-state index in [0.29, 0.717) is 6.54 Å². The zero-order valence-corrected chi connectivity index (χ0v) is 12.8. The molecule has 20 heavy (non-hydrogen) atoms. The molecule has 1 atom stereocenters. The quantitative estimate of drug-likeness (QED) is 0.592. The summed E-state index contributed by atoms with van der Waals surface area (Å²) < 4.78 is 11.1.